The predicted molar refractivity (Wildman–Crippen MR) is 92.1 cm³/mol. The lowest BCUT2D eigenvalue weighted by atomic mass is 9.94. The zero-order valence-electron chi connectivity index (χ0n) is 13.4. The second kappa shape index (κ2) is 6.62. The molecule has 1 heterocycles. The second-order valence-corrected chi connectivity index (χ2v) is 5.69. The maximum atomic E-state index is 11.6. The van der Waals surface area contributed by atoms with E-state index in [0.717, 1.165) is 27.9 Å². The Balaban J connectivity index is 1.92. The van der Waals surface area contributed by atoms with Gasteiger partial charge >= 0.3 is 12.1 Å². The van der Waals surface area contributed by atoms with Gasteiger partial charge in [-0.15, -0.1) is 0 Å². The van der Waals surface area contributed by atoms with Gasteiger partial charge in [0, 0.05) is 25.7 Å². The predicted octanol–water partition coefficient (Wildman–Crippen LogP) is 3.14. The maximum Gasteiger partial charge on any atom is 0.407 e. The number of anilines is 1. The van der Waals surface area contributed by atoms with Crippen LogP contribution in [0.15, 0.2) is 42.5 Å². The van der Waals surface area contributed by atoms with Crippen LogP contribution in [0.25, 0.3) is 11.1 Å². The third-order valence-electron chi connectivity index (χ3n) is 4.20. The molecule has 3 rings (SSSR count). The largest absolute Gasteiger partial charge is 0.465 e. The van der Waals surface area contributed by atoms with Gasteiger partial charge in [0.1, 0.15) is 0 Å². The summed E-state index contributed by atoms with van der Waals surface area (Å²) in [6, 6.07) is 13.4. The van der Waals surface area contributed by atoms with E-state index in [1.165, 1.54) is 4.90 Å². The molecule has 6 heteroatoms. The average Bonchev–Trinajstić information content (AvgIpc) is 2.61. The van der Waals surface area contributed by atoms with Crippen molar-refractivity contribution < 1.29 is 14.7 Å². The molecular formula is C18H19N3O3. The summed E-state index contributed by atoms with van der Waals surface area (Å²) in [4.78, 5) is 24.1. The Hall–Kier alpha value is -3.02. The number of carbonyl (C=O) groups excluding carboxylic acids is 1. The van der Waals surface area contributed by atoms with Gasteiger partial charge in [0.25, 0.3) is 0 Å². The highest BCUT2D eigenvalue weighted by Gasteiger charge is 2.20. The van der Waals surface area contributed by atoms with Crippen molar-refractivity contribution in [2.75, 3.05) is 18.9 Å². The fraction of sp³-hybridized carbons (Fsp3) is 0.222. The number of rotatable bonds is 2. The molecule has 2 aromatic rings. The molecule has 3 N–H and O–H groups in total. The van der Waals surface area contributed by atoms with Crippen LogP contribution in [0.3, 0.4) is 0 Å². The first-order valence-corrected chi connectivity index (χ1v) is 7.76. The first kappa shape index (κ1) is 15.9. The molecule has 6 nitrogen and oxygen atoms in total. The molecule has 1 aliphatic heterocycles. The molecule has 3 amide bonds. The number of urea groups is 1. The first-order valence-electron chi connectivity index (χ1n) is 7.76. The molecule has 0 fully saturated rings. The van der Waals surface area contributed by atoms with Crippen molar-refractivity contribution in [2.24, 2.45) is 0 Å². The maximum absolute atomic E-state index is 11.6. The van der Waals surface area contributed by atoms with E-state index in [1.807, 2.05) is 36.4 Å². The van der Waals surface area contributed by atoms with Crippen molar-refractivity contribution in [3.05, 3.63) is 53.6 Å². The van der Waals surface area contributed by atoms with E-state index in [1.54, 1.807) is 7.05 Å². The standard InChI is InChI=1S/C18H19N3O3/c1-19-17(22)20-16-5-3-2-4-15(16)13-6-7-14-11-21(18(23)24)9-8-12(14)10-13/h2-7,10H,8-9,11H2,1H3,(H,23,24)(H2,19,20,22). The number of hydrogen-bond donors (Lipinski definition) is 3. The molecule has 0 aromatic heterocycles. The fourth-order valence-electron chi connectivity index (χ4n) is 2.91. The van der Waals surface area contributed by atoms with Gasteiger partial charge in [-0.25, -0.2) is 9.59 Å². The van der Waals surface area contributed by atoms with Gasteiger partial charge in [-0.05, 0) is 29.2 Å². The highest BCUT2D eigenvalue weighted by Crippen LogP contribution is 2.31. The summed E-state index contributed by atoms with van der Waals surface area (Å²) in [5.74, 6) is 0. The number of benzene rings is 2. The summed E-state index contributed by atoms with van der Waals surface area (Å²) < 4.78 is 0. The summed E-state index contributed by atoms with van der Waals surface area (Å²) in [6.45, 7) is 0.924. The van der Waals surface area contributed by atoms with Crippen molar-refractivity contribution in [2.45, 2.75) is 13.0 Å². The number of carbonyl (C=O) groups is 2. The third kappa shape index (κ3) is 3.17. The van der Waals surface area contributed by atoms with E-state index in [2.05, 4.69) is 16.7 Å². The number of fused-ring (bicyclic) bond motifs is 1. The van der Waals surface area contributed by atoms with Crippen LogP contribution in [0.5, 0.6) is 0 Å². The Labute approximate surface area is 140 Å². The molecule has 124 valence electrons. The lowest BCUT2D eigenvalue weighted by Crippen LogP contribution is -2.34. The van der Waals surface area contributed by atoms with Gasteiger partial charge in [-0.2, -0.15) is 0 Å². The van der Waals surface area contributed by atoms with Gasteiger partial charge in [0.15, 0.2) is 0 Å². The zero-order chi connectivity index (χ0) is 17.1. The van der Waals surface area contributed by atoms with Gasteiger partial charge in [0.2, 0.25) is 0 Å². The van der Waals surface area contributed by atoms with E-state index >= 15 is 0 Å². The summed E-state index contributed by atoms with van der Waals surface area (Å²) in [5.41, 5.74) is 4.86. The number of nitrogens with one attached hydrogen (secondary N) is 2. The van der Waals surface area contributed by atoms with E-state index < -0.39 is 6.09 Å². The number of carboxylic acid groups (broad SMARTS) is 1. The number of amides is 3. The second-order valence-electron chi connectivity index (χ2n) is 5.69. The Morgan fingerprint density at radius 1 is 1.12 bits per heavy atom. The Bertz CT molecular complexity index is 789. The normalized spacial score (nSPS) is 13.1. The molecule has 2 aromatic carbocycles. The van der Waals surface area contributed by atoms with Crippen molar-refractivity contribution in [1.29, 1.82) is 0 Å². The lowest BCUT2D eigenvalue weighted by molar-refractivity contribution is 0.140. The molecule has 0 saturated carbocycles. The van der Waals surface area contributed by atoms with Crippen LogP contribution >= 0.6 is 0 Å². The number of hydrogen-bond acceptors (Lipinski definition) is 2. The molecule has 0 bridgehead atoms. The van der Waals surface area contributed by atoms with E-state index in [-0.39, 0.29) is 6.03 Å². The van der Waals surface area contributed by atoms with Crippen LogP contribution in [0.1, 0.15) is 11.1 Å². The van der Waals surface area contributed by atoms with Crippen molar-refractivity contribution in [3.63, 3.8) is 0 Å². The summed E-state index contributed by atoms with van der Waals surface area (Å²) in [5, 5.41) is 14.5. The minimum Gasteiger partial charge on any atom is -0.465 e. The van der Waals surface area contributed by atoms with Crippen LogP contribution in [-0.2, 0) is 13.0 Å². The monoisotopic (exact) mass is 325 g/mol. The van der Waals surface area contributed by atoms with E-state index in [4.69, 9.17) is 5.11 Å². The van der Waals surface area contributed by atoms with E-state index in [0.29, 0.717) is 19.5 Å². The first-order chi connectivity index (χ1) is 11.6. The van der Waals surface area contributed by atoms with Crippen LogP contribution in [0, 0.1) is 0 Å². The van der Waals surface area contributed by atoms with Crippen LogP contribution < -0.4 is 10.6 Å². The quantitative estimate of drug-likeness (QED) is 0.793. The average molecular weight is 325 g/mol. The van der Waals surface area contributed by atoms with Gasteiger partial charge in [-0.3, -0.25) is 0 Å². The smallest absolute Gasteiger partial charge is 0.407 e. The third-order valence-corrected chi connectivity index (χ3v) is 4.20. The SMILES string of the molecule is CNC(=O)Nc1ccccc1-c1ccc2c(c1)CCN(C(=O)O)C2. The number of para-hydroxylation sites is 1. The molecule has 1 aliphatic rings. The van der Waals surface area contributed by atoms with Crippen molar-refractivity contribution >= 4 is 17.8 Å². The molecule has 24 heavy (non-hydrogen) atoms. The van der Waals surface area contributed by atoms with Gasteiger partial charge < -0.3 is 20.6 Å². The Morgan fingerprint density at radius 2 is 1.92 bits per heavy atom. The van der Waals surface area contributed by atoms with Crippen molar-refractivity contribution in [1.82, 2.24) is 10.2 Å². The Kier molecular flexibility index (Phi) is 4.37. The molecule has 0 atom stereocenters. The molecule has 0 unspecified atom stereocenters. The fourth-order valence-corrected chi connectivity index (χ4v) is 2.91. The molecule has 0 aliphatic carbocycles. The summed E-state index contributed by atoms with van der Waals surface area (Å²) in [7, 11) is 1.57. The zero-order valence-corrected chi connectivity index (χ0v) is 13.4. The van der Waals surface area contributed by atoms with Crippen LogP contribution in [0.2, 0.25) is 0 Å². The summed E-state index contributed by atoms with van der Waals surface area (Å²) >= 11 is 0. The van der Waals surface area contributed by atoms with Gasteiger partial charge in [0.05, 0.1) is 5.69 Å². The van der Waals surface area contributed by atoms with Crippen LogP contribution in [0.4, 0.5) is 15.3 Å². The minimum atomic E-state index is -0.884. The topological polar surface area (TPSA) is 81.7 Å². The van der Waals surface area contributed by atoms with Crippen LogP contribution in [-0.4, -0.2) is 35.7 Å². The van der Waals surface area contributed by atoms with Gasteiger partial charge in [-0.1, -0.05) is 36.4 Å². The summed E-state index contributed by atoms with van der Waals surface area (Å²) in [6.07, 6.45) is -0.189. The molecule has 0 radical (unpaired) electrons. The molecule has 0 spiro atoms. The van der Waals surface area contributed by atoms with E-state index in [9.17, 15) is 9.59 Å². The molecule has 0 saturated heterocycles. The Morgan fingerprint density at radius 3 is 2.67 bits per heavy atom. The molecular weight excluding hydrogens is 306 g/mol. The lowest BCUT2D eigenvalue weighted by Gasteiger charge is -2.27. The van der Waals surface area contributed by atoms with Crippen molar-refractivity contribution in [3.8, 4) is 11.1 Å². The highest BCUT2D eigenvalue weighted by molar-refractivity contribution is 5.94. The minimum absolute atomic E-state index is 0.266. The highest BCUT2D eigenvalue weighted by atomic mass is 16.4. The number of nitrogens with zero attached hydrogens (tertiary/aromatic N) is 1.